The topological polar surface area (TPSA) is 77.2 Å². The summed E-state index contributed by atoms with van der Waals surface area (Å²) >= 11 is 0. The van der Waals surface area contributed by atoms with Gasteiger partial charge in [0, 0.05) is 0 Å². The Hall–Kier alpha value is -2.56. The van der Waals surface area contributed by atoms with Crippen LogP contribution in [0.2, 0.25) is 0 Å². The fourth-order valence-corrected chi connectivity index (χ4v) is 1.32. The van der Waals surface area contributed by atoms with Crippen LogP contribution in [0.5, 0.6) is 5.75 Å². The van der Waals surface area contributed by atoms with E-state index in [-0.39, 0.29) is 12.5 Å². The quantitative estimate of drug-likeness (QED) is 0.856. The number of nitrogens with zero attached hydrogens (tertiary/aromatic N) is 1. The van der Waals surface area contributed by atoms with Crippen molar-refractivity contribution < 1.29 is 9.53 Å². The molecule has 1 amide bonds. The lowest BCUT2D eigenvalue weighted by molar-refractivity contribution is -0.118. The molecule has 1 aromatic carbocycles. The van der Waals surface area contributed by atoms with Crippen LogP contribution in [0.25, 0.3) is 0 Å². The number of nitrogen functional groups attached to an aromatic ring is 1. The van der Waals surface area contributed by atoms with Gasteiger partial charge in [-0.1, -0.05) is 18.2 Å². The number of carbonyl (C=O) groups is 1. The maximum Gasteiger partial charge on any atom is 0.263 e. The number of hydrogen-bond acceptors (Lipinski definition) is 4. The van der Waals surface area contributed by atoms with E-state index in [1.54, 1.807) is 24.3 Å². The largest absolute Gasteiger partial charge is 0.484 e. The first-order valence-corrected chi connectivity index (χ1v) is 5.43. The molecule has 1 aromatic heterocycles. The van der Waals surface area contributed by atoms with Crippen LogP contribution in [0.3, 0.4) is 0 Å². The van der Waals surface area contributed by atoms with E-state index in [9.17, 15) is 4.79 Å². The molecule has 5 nitrogen and oxygen atoms in total. The summed E-state index contributed by atoms with van der Waals surface area (Å²) < 4.78 is 5.30. The number of carbonyl (C=O) groups excluding carboxylic acids is 1. The van der Waals surface area contributed by atoms with Crippen molar-refractivity contribution in [2.75, 3.05) is 17.7 Å². The number of hydrogen-bond donors (Lipinski definition) is 2. The smallest absolute Gasteiger partial charge is 0.263 e. The molecule has 0 bridgehead atoms. The summed E-state index contributed by atoms with van der Waals surface area (Å²) in [4.78, 5) is 15.5. The number of benzene rings is 1. The lowest BCUT2D eigenvalue weighted by atomic mass is 10.3. The van der Waals surface area contributed by atoms with Gasteiger partial charge < -0.3 is 15.8 Å². The lowest BCUT2D eigenvalue weighted by Gasteiger charge is -2.06. The third-order valence-corrected chi connectivity index (χ3v) is 2.17. The van der Waals surface area contributed by atoms with Gasteiger partial charge in [0.25, 0.3) is 5.91 Å². The van der Waals surface area contributed by atoms with Crippen molar-refractivity contribution in [2.45, 2.75) is 0 Å². The number of amides is 1. The minimum Gasteiger partial charge on any atom is -0.484 e. The van der Waals surface area contributed by atoms with Gasteiger partial charge in [-0.15, -0.1) is 0 Å². The standard InChI is InChI=1S/C13H13N3O2/c14-10-6-7-12(15-8-10)16-13(17)9-18-11-4-2-1-3-5-11/h1-8H,9,14H2,(H,15,16,17). The van der Waals surface area contributed by atoms with Gasteiger partial charge in [0.15, 0.2) is 6.61 Å². The number of aromatic nitrogens is 1. The van der Waals surface area contributed by atoms with E-state index in [1.807, 2.05) is 18.2 Å². The first-order chi connectivity index (χ1) is 8.74. The maximum atomic E-state index is 11.6. The third kappa shape index (κ3) is 3.48. The molecule has 5 heteroatoms. The lowest BCUT2D eigenvalue weighted by Crippen LogP contribution is -2.20. The Morgan fingerprint density at radius 2 is 2.00 bits per heavy atom. The molecule has 0 aliphatic carbocycles. The highest BCUT2D eigenvalue weighted by atomic mass is 16.5. The number of pyridine rings is 1. The highest BCUT2D eigenvalue weighted by Gasteiger charge is 2.04. The molecule has 0 unspecified atom stereocenters. The van der Waals surface area contributed by atoms with Crippen molar-refractivity contribution in [1.82, 2.24) is 4.98 Å². The summed E-state index contributed by atoms with van der Waals surface area (Å²) in [6.45, 7) is -0.0595. The van der Waals surface area contributed by atoms with Crippen LogP contribution < -0.4 is 15.8 Å². The zero-order valence-corrected chi connectivity index (χ0v) is 9.67. The van der Waals surface area contributed by atoms with Crippen LogP contribution in [0.4, 0.5) is 11.5 Å². The second kappa shape index (κ2) is 5.67. The molecule has 3 N–H and O–H groups in total. The van der Waals surface area contributed by atoms with Crippen LogP contribution in [0.1, 0.15) is 0 Å². The maximum absolute atomic E-state index is 11.6. The van der Waals surface area contributed by atoms with Gasteiger partial charge in [0.05, 0.1) is 11.9 Å². The van der Waals surface area contributed by atoms with Crippen molar-refractivity contribution in [1.29, 1.82) is 0 Å². The highest BCUT2D eigenvalue weighted by molar-refractivity contribution is 5.91. The summed E-state index contributed by atoms with van der Waals surface area (Å²) in [7, 11) is 0. The predicted molar refractivity (Wildman–Crippen MR) is 69.2 cm³/mol. The highest BCUT2D eigenvalue weighted by Crippen LogP contribution is 2.09. The Balaban J connectivity index is 1.84. The minimum atomic E-state index is -0.267. The molecule has 0 fully saturated rings. The molecule has 2 rings (SSSR count). The van der Waals surface area contributed by atoms with E-state index in [1.165, 1.54) is 6.20 Å². The molecule has 0 radical (unpaired) electrons. The number of ether oxygens (including phenoxy) is 1. The molecule has 92 valence electrons. The number of nitrogens with two attached hydrogens (primary N) is 1. The Bertz CT molecular complexity index is 512. The number of nitrogens with one attached hydrogen (secondary N) is 1. The molecule has 18 heavy (non-hydrogen) atoms. The van der Waals surface area contributed by atoms with Gasteiger partial charge in [-0.2, -0.15) is 0 Å². The molecule has 0 atom stereocenters. The van der Waals surface area contributed by atoms with Gasteiger partial charge >= 0.3 is 0 Å². The zero-order valence-electron chi connectivity index (χ0n) is 9.67. The summed E-state index contributed by atoms with van der Waals surface area (Å²) in [5, 5.41) is 2.61. The van der Waals surface area contributed by atoms with Crippen LogP contribution in [0, 0.1) is 0 Å². The SMILES string of the molecule is Nc1ccc(NC(=O)COc2ccccc2)nc1. The van der Waals surface area contributed by atoms with Crippen molar-refractivity contribution in [3.8, 4) is 5.75 Å². The predicted octanol–water partition coefficient (Wildman–Crippen LogP) is 1.68. The van der Waals surface area contributed by atoms with Crippen LogP contribution in [-0.2, 0) is 4.79 Å². The van der Waals surface area contributed by atoms with E-state index < -0.39 is 0 Å². The second-order valence-corrected chi connectivity index (χ2v) is 3.63. The Kier molecular flexibility index (Phi) is 3.76. The molecule has 0 saturated heterocycles. The Morgan fingerprint density at radius 3 is 2.67 bits per heavy atom. The number of para-hydroxylation sites is 1. The van der Waals surface area contributed by atoms with Gasteiger partial charge in [-0.25, -0.2) is 4.98 Å². The van der Waals surface area contributed by atoms with E-state index in [2.05, 4.69) is 10.3 Å². The van der Waals surface area contributed by atoms with E-state index >= 15 is 0 Å². The zero-order chi connectivity index (χ0) is 12.8. The summed E-state index contributed by atoms with van der Waals surface area (Å²) in [6.07, 6.45) is 1.48. The number of anilines is 2. The normalized spacial score (nSPS) is 9.78. The van der Waals surface area contributed by atoms with Crippen molar-refractivity contribution in [2.24, 2.45) is 0 Å². The van der Waals surface area contributed by atoms with Crippen LogP contribution in [0.15, 0.2) is 48.7 Å². The van der Waals surface area contributed by atoms with E-state index in [0.29, 0.717) is 17.3 Å². The molecule has 0 spiro atoms. The van der Waals surface area contributed by atoms with E-state index in [0.717, 1.165) is 0 Å². The third-order valence-electron chi connectivity index (χ3n) is 2.17. The van der Waals surface area contributed by atoms with Crippen molar-refractivity contribution >= 4 is 17.4 Å². The molecule has 0 aliphatic heterocycles. The molecule has 0 aliphatic rings. The average Bonchev–Trinajstić information content (AvgIpc) is 2.40. The Labute approximate surface area is 105 Å². The molecule has 0 saturated carbocycles. The van der Waals surface area contributed by atoms with Gasteiger partial charge in [0.2, 0.25) is 0 Å². The van der Waals surface area contributed by atoms with Gasteiger partial charge in [0.1, 0.15) is 11.6 Å². The van der Waals surface area contributed by atoms with Gasteiger partial charge in [-0.05, 0) is 24.3 Å². The van der Waals surface area contributed by atoms with Gasteiger partial charge in [-0.3, -0.25) is 4.79 Å². The Morgan fingerprint density at radius 1 is 1.22 bits per heavy atom. The average molecular weight is 243 g/mol. The fourth-order valence-electron chi connectivity index (χ4n) is 1.32. The molecular weight excluding hydrogens is 230 g/mol. The second-order valence-electron chi connectivity index (χ2n) is 3.63. The van der Waals surface area contributed by atoms with Crippen LogP contribution >= 0.6 is 0 Å². The summed E-state index contributed by atoms with van der Waals surface area (Å²) in [5.74, 6) is 0.833. The monoisotopic (exact) mass is 243 g/mol. The molecule has 2 aromatic rings. The summed E-state index contributed by atoms with van der Waals surface area (Å²) in [6, 6.07) is 12.4. The minimum absolute atomic E-state index is 0.0595. The first kappa shape index (κ1) is 11.9. The summed E-state index contributed by atoms with van der Waals surface area (Å²) in [5.41, 5.74) is 6.04. The fraction of sp³-hybridized carbons (Fsp3) is 0.0769. The molecule has 1 heterocycles. The van der Waals surface area contributed by atoms with Crippen LogP contribution in [-0.4, -0.2) is 17.5 Å². The first-order valence-electron chi connectivity index (χ1n) is 5.43. The van der Waals surface area contributed by atoms with E-state index in [4.69, 9.17) is 10.5 Å². The molecular formula is C13H13N3O2. The van der Waals surface area contributed by atoms with Crippen molar-refractivity contribution in [3.63, 3.8) is 0 Å². The van der Waals surface area contributed by atoms with Crippen molar-refractivity contribution in [3.05, 3.63) is 48.7 Å². The number of rotatable bonds is 4.